The molecule has 0 atom stereocenters. The van der Waals surface area contributed by atoms with Crippen molar-refractivity contribution in [1.29, 1.82) is 0 Å². The quantitative estimate of drug-likeness (QED) is 0.316. The van der Waals surface area contributed by atoms with Gasteiger partial charge in [0, 0.05) is 22.2 Å². The third-order valence-electron chi connectivity index (χ3n) is 8.18. The van der Waals surface area contributed by atoms with Crippen LogP contribution in [0.25, 0.3) is 0 Å². The van der Waals surface area contributed by atoms with Crippen LogP contribution in [0.3, 0.4) is 0 Å². The third kappa shape index (κ3) is 6.95. The van der Waals surface area contributed by atoms with Crippen molar-refractivity contribution in [3.8, 4) is 0 Å². The predicted molar refractivity (Wildman–Crippen MR) is 136 cm³/mol. The zero-order chi connectivity index (χ0) is 24.4. The Morgan fingerprint density at radius 3 is 1.41 bits per heavy atom. The summed E-state index contributed by atoms with van der Waals surface area (Å²) in [6.45, 7) is 20.3. The first-order chi connectivity index (χ1) is 14.5. The van der Waals surface area contributed by atoms with Crippen LogP contribution in [0, 0.1) is 17.3 Å². The lowest BCUT2D eigenvalue weighted by atomic mass is 9.52. The van der Waals surface area contributed by atoms with Crippen LogP contribution in [-0.2, 0) is 4.79 Å². The van der Waals surface area contributed by atoms with Crippen LogP contribution in [-0.4, -0.2) is 33.2 Å². The van der Waals surface area contributed by atoms with Crippen LogP contribution in [0.5, 0.6) is 0 Å². The number of carboxylic acid groups (broad SMARTS) is 1. The van der Waals surface area contributed by atoms with Crippen molar-refractivity contribution >= 4 is 5.97 Å². The van der Waals surface area contributed by atoms with Gasteiger partial charge in [-0.3, -0.25) is 4.79 Å². The van der Waals surface area contributed by atoms with Gasteiger partial charge in [-0.1, -0.05) is 45.4 Å². The summed E-state index contributed by atoms with van der Waals surface area (Å²) in [7, 11) is 0. The molecule has 3 N–H and O–H groups in total. The van der Waals surface area contributed by atoms with Crippen molar-refractivity contribution in [2.45, 2.75) is 155 Å². The van der Waals surface area contributed by atoms with E-state index in [1.54, 1.807) is 0 Å². The van der Waals surface area contributed by atoms with E-state index >= 15 is 0 Å². The van der Waals surface area contributed by atoms with Crippen molar-refractivity contribution in [2.24, 2.45) is 17.3 Å². The second-order valence-electron chi connectivity index (χ2n) is 13.9. The summed E-state index contributed by atoms with van der Waals surface area (Å²) in [5, 5.41) is 18.6. The van der Waals surface area contributed by atoms with Crippen LogP contribution in [0.4, 0.5) is 0 Å². The van der Waals surface area contributed by atoms with Crippen LogP contribution in [0.2, 0.25) is 0 Å². The van der Waals surface area contributed by atoms with E-state index in [-0.39, 0.29) is 34.0 Å². The van der Waals surface area contributed by atoms with Gasteiger partial charge in [-0.2, -0.15) is 0 Å². The number of rotatable bonds is 10. The molecule has 2 aliphatic rings. The Morgan fingerprint density at radius 1 is 0.719 bits per heavy atom. The number of piperidine rings is 2. The van der Waals surface area contributed by atoms with E-state index in [1.807, 2.05) is 0 Å². The Bertz CT molecular complexity index is 565. The van der Waals surface area contributed by atoms with Crippen molar-refractivity contribution < 1.29 is 9.90 Å². The molecule has 2 fully saturated rings. The lowest BCUT2D eigenvalue weighted by Crippen LogP contribution is -2.65. The summed E-state index contributed by atoms with van der Waals surface area (Å²) in [5.74, 6) is -0.156. The zero-order valence-corrected chi connectivity index (χ0v) is 22.8. The van der Waals surface area contributed by atoms with E-state index in [0.29, 0.717) is 0 Å². The minimum absolute atomic E-state index is 0.0494. The molecule has 2 aliphatic heterocycles. The number of hydrogen-bond donors (Lipinski definition) is 3. The lowest BCUT2D eigenvalue weighted by molar-refractivity contribution is -0.166. The van der Waals surface area contributed by atoms with E-state index in [0.717, 1.165) is 44.9 Å². The Labute approximate surface area is 199 Å². The van der Waals surface area contributed by atoms with Gasteiger partial charge in [0.05, 0.1) is 5.41 Å². The largest absolute Gasteiger partial charge is 0.481 e. The molecule has 0 aromatic carbocycles. The van der Waals surface area contributed by atoms with Gasteiger partial charge in [-0.15, -0.1) is 0 Å². The van der Waals surface area contributed by atoms with Gasteiger partial charge < -0.3 is 15.7 Å². The van der Waals surface area contributed by atoms with Gasteiger partial charge in [-0.25, -0.2) is 0 Å². The number of carboxylic acids is 1. The summed E-state index contributed by atoms with van der Waals surface area (Å²) >= 11 is 0. The molecular weight excluding hydrogens is 396 g/mol. The number of unbranched alkanes of at least 4 members (excludes halogenated alkanes) is 5. The van der Waals surface area contributed by atoms with E-state index in [1.165, 1.54) is 25.7 Å². The summed E-state index contributed by atoms with van der Waals surface area (Å²) in [6.07, 6.45) is 11.8. The maximum Gasteiger partial charge on any atom is 0.310 e. The molecule has 0 amide bonds. The number of hydrogen-bond acceptors (Lipinski definition) is 3. The van der Waals surface area contributed by atoms with Gasteiger partial charge in [0.25, 0.3) is 0 Å². The normalized spacial score (nSPS) is 25.5. The molecule has 2 heterocycles. The number of aliphatic carboxylic acids is 1. The van der Waals surface area contributed by atoms with Crippen LogP contribution in [0.15, 0.2) is 0 Å². The monoisotopic (exact) mass is 450 g/mol. The molecule has 2 saturated heterocycles. The van der Waals surface area contributed by atoms with Crippen molar-refractivity contribution in [3.05, 3.63) is 0 Å². The average Bonchev–Trinajstić information content (AvgIpc) is 2.55. The molecule has 0 aromatic rings. The molecule has 4 heteroatoms. The highest BCUT2D eigenvalue weighted by Gasteiger charge is 2.58. The second kappa shape index (κ2) is 9.94. The fraction of sp³-hybridized carbons (Fsp3) is 0.964. The summed E-state index contributed by atoms with van der Waals surface area (Å²) < 4.78 is 0. The highest BCUT2D eigenvalue weighted by atomic mass is 16.4. The Morgan fingerprint density at radius 2 is 1.06 bits per heavy atom. The predicted octanol–water partition coefficient (Wildman–Crippen LogP) is 6.92. The first-order valence-electron chi connectivity index (χ1n) is 13.4. The number of carbonyl (C=O) groups is 1. The fourth-order valence-electron chi connectivity index (χ4n) is 7.77. The molecule has 0 aromatic heterocycles. The van der Waals surface area contributed by atoms with E-state index in [9.17, 15) is 9.90 Å². The van der Waals surface area contributed by atoms with E-state index in [4.69, 9.17) is 0 Å². The first-order valence-corrected chi connectivity index (χ1v) is 13.4. The van der Waals surface area contributed by atoms with Crippen LogP contribution in [0.1, 0.15) is 133 Å². The van der Waals surface area contributed by atoms with Crippen LogP contribution >= 0.6 is 0 Å². The minimum Gasteiger partial charge on any atom is -0.481 e. The molecule has 0 bridgehead atoms. The average molecular weight is 451 g/mol. The first kappa shape index (κ1) is 27.6. The molecule has 0 aliphatic carbocycles. The van der Waals surface area contributed by atoms with E-state index in [2.05, 4.69) is 72.9 Å². The standard InChI is InChI=1S/C28H54N2O2/c1-10-11-12-13-14-15-16-28(23(31)32,21-17-24(2,3)29-25(4,5)18-21)22-19-26(6,7)30-27(8,9)20-22/h21-22,29-30H,10-20H2,1-9H3,(H,31,32). The maximum absolute atomic E-state index is 13.4. The van der Waals surface area contributed by atoms with E-state index < -0.39 is 11.4 Å². The molecule has 0 saturated carbocycles. The molecule has 0 radical (unpaired) electrons. The van der Waals surface area contributed by atoms with Crippen molar-refractivity contribution in [3.63, 3.8) is 0 Å². The molecule has 0 spiro atoms. The Kier molecular flexibility index (Phi) is 8.58. The SMILES string of the molecule is CCCCCCCCC(C(=O)O)(C1CC(C)(C)NC(C)(C)C1)C1CC(C)(C)NC(C)(C)C1. The zero-order valence-electron chi connectivity index (χ0n) is 22.8. The van der Waals surface area contributed by atoms with Gasteiger partial charge in [0.2, 0.25) is 0 Å². The Hall–Kier alpha value is -0.610. The smallest absolute Gasteiger partial charge is 0.310 e. The van der Waals surface area contributed by atoms with Gasteiger partial charge in [0.15, 0.2) is 0 Å². The van der Waals surface area contributed by atoms with Gasteiger partial charge in [-0.05, 0) is 99.3 Å². The molecule has 188 valence electrons. The summed E-state index contributed by atoms with van der Waals surface area (Å²) in [4.78, 5) is 13.4. The molecule has 2 rings (SSSR count). The third-order valence-corrected chi connectivity index (χ3v) is 8.18. The van der Waals surface area contributed by atoms with Crippen molar-refractivity contribution in [2.75, 3.05) is 0 Å². The molecular formula is C28H54N2O2. The van der Waals surface area contributed by atoms with Crippen molar-refractivity contribution in [1.82, 2.24) is 10.6 Å². The number of nitrogens with one attached hydrogen (secondary N) is 2. The summed E-state index contributed by atoms with van der Waals surface area (Å²) in [6, 6.07) is 0. The Balaban J connectivity index is 2.42. The molecule has 32 heavy (non-hydrogen) atoms. The summed E-state index contributed by atoms with van der Waals surface area (Å²) in [5.41, 5.74) is -0.852. The van der Waals surface area contributed by atoms with Gasteiger partial charge in [0.1, 0.15) is 0 Å². The van der Waals surface area contributed by atoms with Crippen LogP contribution < -0.4 is 10.6 Å². The topological polar surface area (TPSA) is 61.4 Å². The second-order valence-corrected chi connectivity index (χ2v) is 13.9. The fourth-order valence-corrected chi connectivity index (χ4v) is 7.77. The minimum atomic E-state index is -0.655. The van der Waals surface area contributed by atoms with Gasteiger partial charge >= 0.3 is 5.97 Å². The lowest BCUT2D eigenvalue weighted by Gasteiger charge is -2.57. The highest BCUT2D eigenvalue weighted by molar-refractivity contribution is 5.76. The maximum atomic E-state index is 13.4. The molecule has 0 unspecified atom stereocenters. The molecule has 4 nitrogen and oxygen atoms in total. The highest BCUT2D eigenvalue weighted by Crippen LogP contribution is 2.55.